The molecule has 31 heavy (non-hydrogen) atoms. The fraction of sp³-hybridized carbons (Fsp3) is 0.318. The largest absolute Gasteiger partial charge is 0.480 e. The molecule has 8 nitrogen and oxygen atoms in total. The molecule has 0 unspecified atom stereocenters. The third kappa shape index (κ3) is 5.11. The van der Waals surface area contributed by atoms with Crippen molar-refractivity contribution in [2.75, 3.05) is 49.4 Å². The summed E-state index contributed by atoms with van der Waals surface area (Å²) in [6.45, 7) is -0.459. The highest BCUT2D eigenvalue weighted by molar-refractivity contribution is 7.99. The van der Waals surface area contributed by atoms with Crippen LogP contribution < -0.4 is 20.0 Å². The van der Waals surface area contributed by atoms with Gasteiger partial charge in [-0.25, -0.2) is 0 Å². The van der Waals surface area contributed by atoms with E-state index in [0.717, 1.165) is 32.5 Å². The summed E-state index contributed by atoms with van der Waals surface area (Å²) in [5.41, 5.74) is 3.60. The number of fused-ring (bicyclic) bond motifs is 2. The van der Waals surface area contributed by atoms with Gasteiger partial charge < -0.3 is 20.2 Å². The maximum atomic E-state index is 13.2. The summed E-state index contributed by atoms with van der Waals surface area (Å²) >= 11 is 1.61. The van der Waals surface area contributed by atoms with Crippen molar-refractivity contribution < 1.29 is 19.5 Å². The van der Waals surface area contributed by atoms with Gasteiger partial charge in [0.1, 0.15) is 6.54 Å². The molecule has 0 radical (unpaired) electrons. The van der Waals surface area contributed by atoms with Crippen LogP contribution in [-0.4, -0.2) is 57.6 Å². The average Bonchev–Trinajstić information content (AvgIpc) is 2.73. The number of carbonyl (C=O) groups is 3. The number of rotatable bonds is 7. The van der Waals surface area contributed by atoms with Crippen LogP contribution in [-0.2, 0) is 14.4 Å². The first-order chi connectivity index (χ1) is 14.7. The molecule has 1 aliphatic rings. The predicted molar refractivity (Wildman–Crippen MR) is 123 cm³/mol. The van der Waals surface area contributed by atoms with Crippen molar-refractivity contribution in [2.45, 2.75) is 22.6 Å². The third-order valence-corrected chi connectivity index (χ3v) is 5.97. The zero-order valence-corrected chi connectivity index (χ0v) is 18.8. The van der Waals surface area contributed by atoms with Gasteiger partial charge in [0, 0.05) is 62.2 Å². The SMILES string of the molecule is CN(C)c1ccc2c(c1)Sc1cc(N(C)C)ccc1N2C(=O)CCC(=O)NCC(=O)O. The van der Waals surface area contributed by atoms with E-state index < -0.39 is 18.4 Å². The van der Waals surface area contributed by atoms with Crippen LogP contribution in [0.25, 0.3) is 0 Å². The number of carbonyl (C=O) groups excluding carboxylic acids is 2. The van der Waals surface area contributed by atoms with Gasteiger partial charge in [0.25, 0.3) is 0 Å². The lowest BCUT2D eigenvalue weighted by molar-refractivity contribution is -0.138. The fourth-order valence-corrected chi connectivity index (χ4v) is 4.33. The van der Waals surface area contributed by atoms with E-state index in [0.29, 0.717) is 0 Å². The second-order valence-corrected chi connectivity index (χ2v) is 8.68. The number of hydrogen-bond acceptors (Lipinski definition) is 6. The second kappa shape index (κ2) is 9.30. The number of benzene rings is 2. The molecule has 3 rings (SSSR count). The van der Waals surface area contributed by atoms with Crippen LogP contribution in [0.4, 0.5) is 22.7 Å². The first-order valence-electron chi connectivity index (χ1n) is 9.79. The van der Waals surface area contributed by atoms with E-state index in [9.17, 15) is 14.4 Å². The Hall–Kier alpha value is -3.20. The lowest BCUT2D eigenvalue weighted by Crippen LogP contribution is -2.32. The van der Waals surface area contributed by atoms with Gasteiger partial charge in [0.2, 0.25) is 11.8 Å². The molecule has 1 aliphatic heterocycles. The lowest BCUT2D eigenvalue weighted by Gasteiger charge is -2.32. The molecule has 0 saturated carbocycles. The summed E-state index contributed by atoms with van der Waals surface area (Å²) < 4.78 is 0. The number of anilines is 4. The number of carboxylic acid groups (broad SMARTS) is 1. The van der Waals surface area contributed by atoms with E-state index in [1.165, 1.54) is 0 Å². The number of nitrogens with zero attached hydrogens (tertiary/aromatic N) is 3. The first-order valence-corrected chi connectivity index (χ1v) is 10.6. The predicted octanol–water partition coefficient (Wildman–Crippen LogP) is 2.93. The molecule has 2 aromatic carbocycles. The third-order valence-electron chi connectivity index (χ3n) is 4.87. The Morgan fingerprint density at radius 3 is 1.87 bits per heavy atom. The van der Waals surface area contributed by atoms with Crippen molar-refractivity contribution in [1.29, 1.82) is 0 Å². The Balaban J connectivity index is 1.92. The molecule has 0 spiro atoms. The van der Waals surface area contributed by atoms with E-state index in [2.05, 4.69) is 5.32 Å². The van der Waals surface area contributed by atoms with Crippen molar-refractivity contribution in [3.8, 4) is 0 Å². The smallest absolute Gasteiger partial charge is 0.322 e. The lowest BCUT2D eigenvalue weighted by atomic mass is 10.1. The van der Waals surface area contributed by atoms with Crippen LogP contribution in [0.15, 0.2) is 46.2 Å². The monoisotopic (exact) mass is 442 g/mol. The molecular weight excluding hydrogens is 416 g/mol. The fourth-order valence-electron chi connectivity index (χ4n) is 3.21. The standard InChI is InChI=1S/C22H26N4O4S/c1-24(2)14-5-7-16-18(11-14)31-19-12-15(25(3)4)6-8-17(19)26(16)21(28)10-9-20(27)23-13-22(29)30/h5-8,11-12H,9-10,13H2,1-4H3,(H,23,27)(H,29,30). The van der Waals surface area contributed by atoms with Crippen molar-refractivity contribution in [3.05, 3.63) is 36.4 Å². The van der Waals surface area contributed by atoms with E-state index in [-0.39, 0.29) is 18.7 Å². The molecule has 0 bridgehead atoms. The molecule has 0 aliphatic carbocycles. The topological polar surface area (TPSA) is 93.2 Å². The summed E-state index contributed by atoms with van der Waals surface area (Å²) in [4.78, 5) is 43.3. The molecule has 0 atom stereocenters. The van der Waals surface area contributed by atoms with Gasteiger partial charge in [-0.1, -0.05) is 11.8 Å². The Morgan fingerprint density at radius 1 is 0.903 bits per heavy atom. The summed E-state index contributed by atoms with van der Waals surface area (Å²) in [6.07, 6.45) is -0.105. The quantitative estimate of drug-likeness (QED) is 0.681. The summed E-state index contributed by atoms with van der Waals surface area (Å²) in [5.74, 6) is -1.80. The van der Waals surface area contributed by atoms with Gasteiger partial charge in [-0.2, -0.15) is 0 Å². The molecule has 0 aromatic heterocycles. The van der Waals surface area contributed by atoms with Gasteiger partial charge in [-0.05, 0) is 36.4 Å². The Labute approximate surface area is 185 Å². The number of amides is 2. The first kappa shape index (κ1) is 22.5. The summed E-state index contributed by atoms with van der Waals surface area (Å²) in [5, 5.41) is 11.0. The molecule has 9 heteroatoms. The van der Waals surface area contributed by atoms with Crippen LogP contribution in [0.2, 0.25) is 0 Å². The maximum Gasteiger partial charge on any atom is 0.322 e. The van der Waals surface area contributed by atoms with Gasteiger partial charge in [0.15, 0.2) is 0 Å². The van der Waals surface area contributed by atoms with Gasteiger partial charge >= 0.3 is 5.97 Å². The zero-order valence-electron chi connectivity index (χ0n) is 18.0. The highest BCUT2D eigenvalue weighted by Crippen LogP contribution is 2.50. The van der Waals surface area contributed by atoms with E-state index in [4.69, 9.17) is 5.11 Å². The molecule has 0 saturated heterocycles. The van der Waals surface area contributed by atoms with Gasteiger partial charge in [-0.3, -0.25) is 19.3 Å². The van der Waals surface area contributed by atoms with Crippen molar-refractivity contribution in [3.63, 3.8) is 0 Å². The molecule has 2 N–H and O–H groups in total. The number of hydrogen-bond donors (Lipinski definition) is 2. The van der Waals surface area contributed by atoms with Crippen LogP contribution in [0.1, 0.15) is 12.8 Å². The Bertz CT molecular complexity index is 965. The number of aliphatic carboxylic acids is 1. The van der Waals surface area contributed by atoms with Gasteiger partial charge in [0.05, 0.1) is 11.4 Å². The second-order valence-electron chi connectivity index (χ2n) is 7.59. The maximum absolute atomic E-state index is 13.2. The molecular formula is C22H26N4O4S. The molecule has 1 heterocycles. The number of carboxylic acids is 1. The highest BCUT2D eigenvalue weighted by Gasteiger charge is 2.29. The van der Waals surface area contributed by atoms with Crippen LogP contribution >= 0.6 is 11.8 Å². The van der Waals surface area contributed by atoms with E-state index >= 15 is 0 Å². The molecule has 2 aromatic rings. The van der Waals surface area contributed by atoms with Crippen LogP contribution in [0.5, 0.6) is 0 Å². The average molecular weight is 443 g/mol. The molecule has 0 fully saturated rings. The minimum absolute atomic E-state index is 0.0279. The number of nitrogens with one attached hydrogen (secondary N) is 1. The minimum atomic E-state index is -1.12. The van der Waals surface area contributed by atoms with E-state index in [1.54, 1.807) is 16.7 Å². The van der Waals surface area contributed by atoms with Crippen molar-refractivity contribution in [2.24, 2.45) is 0 Å². The molecule has 2 amide bonds. The summed E-state index contributed by atoms with van der Waals surface area (Å²) in [6, 6.07) is 11.8. The zero-order chi connectivity index (χ0) is 22.7. The van der Waals surface area contributed by atoms with Crippen molar-refractivity contribution in [1.82, 2.24) is 5.32 Å². The van der Waals surface area contributed by atoms with Crippen LogP contribution in [0, 0.1) is 0 Å². The van der Waals surface area contributed by atoms with Crippen LogP contribution in [0.3, 0.4) is 0 Å². The normalized spacial score (nSPS) is 11.9. The van der Waals surface area contributed by atoms with Gasteiger partial charge in [-0.15, -0.1) is 0 Å². The van der Waals surface area contributed by atoms with E-state index in [1.807, 2.05) is 74.4 Å². The highest BCUT2D eigenvalue weighted by atomic mass is 32.2. The Kier molecular flexibility index (Phi) is 6.74. The Morgan fingerprint density at radius 2 is 1.42 bits per heavy atom. The summed E-state index contributed by atoms with van der Waals surface area (Å²) in [7, 11) is 7.86. The minimum Gasteiger partial charge on any atom is -0.480 e. The van der Waals surface area contributed by atoms with Crippen molar-refractivity contribution >= 4 is 52.3 Å². The molecule has 164 valence electrons.